The Morgan fingerprint density at radius 3 is 2.78 bits per heavy atom. The van der Waals surface area contributed by atoms with Crippen molar-refractivity contribution in [3.8, 4) is 0 Å². The molecule has 0 spiro atoms. The number of carboxylic acid groups (broad SMARTS) is 1. The molecule has 2 N–H and O–H groups in total. The first-order chi connectivity index (χ1) is 8.38. The number of hydrogen-bond acceptors (Lipinski definition) is 4. The van der Waals surface area contributed by atoms with Crippen molar-refractivity contribution in [2.24, 2.45) is 5.92 Å². The van der Waals surface area contributed by atoms with Crippen LogP contribution in [0.2, 0.25) is 0 Å². The van der Waals surface area contributed by atoms with Crippen molar-refractivity contribution in [3.05, 3.63) is 17.0 Å². The van der Waals surface area contributed by atoms with Crippen molar-refractivity contribution in [2.75, 3.05) is 0 Å². The highest BCUT2D eigenvalue weighted by Crippen LogP contribution is 2.33. The topological polar surface area (TPSA) is 83.5 Å². The van der Waals surface area contributed by atoms with Crippen LogP contribution < -0.4 is 4.72 Å². The molecule has 1 unspecified atom stereocenters. The lowest BCUT2D eigenvalue weighted by molar-refractivity contribution is 0.0697. The molecule has 0 bridgehead atoms. The van der Waals surface area contributed by atoms with Crippen molar-refractivity contribution in [1.82, 2.24) is 4.72 Å². The molecule has 0 amide bonds. The third-order valence-corrected chi connectivity index (χ3v) is 5.86. The summed E-state index contributed by atoms with van der Waals surface area (Å²) < 4.78 is 26.6. The Morgan fingerprint density at radius 2 is 2.28 bits per heavy atom. The van der Waals surface area contributed by atoms with Gasteiger partial charge in [-0.3, -0.25) is 0 Å². The lowest BCUT2D eigenvalue weighted by Gasteiger charge is -2.12. The van der Waals surface area contributed by atoms with E-state index in [1.165, 1.54) is 24.3 Å². The van der Waals surface area contributed by atoms with Crippen LogP contribution in [-0.4, -0.2) is 25.5 Å². The van der Waals surface area contributed by atoms with Crippen LogP contribution in [-0.2, 0) is 10.0 Å². The highest BCUT2D eigenvalue weighted by molar-refractivity contribution is 7.91. The molecule has 1 aliphatic rings. The van der Waals surface area contributed by atoms with Gasteiger partial charge in [-0.15, -0.1) is 11.3 Å². The van der Waals surface area contributed by atoms with E-state index >= 15 is 0 Å². The van der Waals surface area contributed by atoms with Crippen molar-refractivity contribution in [3.63, 3.8) is 0 Å². The minimum atomic E-state index is -3.58. The summed E-state index contributed by atoms with van der Waals surface area (Å²) in [7, 11) is -3.58. The van der Waals surface area contributed by atoms with E-state index in [9.17, 15) is 13.2 Å². The zero-order valence-electron chi connectivity index (χ0n) is 9.92. The van der Waals surface area contributed by atoms with E-state index in [0.717, 1.165) is 17.8 Å². The van der Waals surface area contributed by atoms with E-state index in [4.69, 9.17) is 5.11 Å². The van der Waals surface area contributed by atoms with Crippen LogP contribution in [0.1, 0.15) is 36.5 Å². The zero-order valence-corrected chi connectivity index (χ0v) is 11.6. The Morgan fingerprint density at radius 1 is 1.61 bits per heavy atom. The second-order valence-electron chi connectivity index (χ2n) is 4.66. The van der Waals surface area contributed by atoms with Crippen LogP contribution in [0.5, 0.6) is 0 Å². The molecule has 1 aliphatic carbocycles. The average Bonchev–Trinajstić information content (AvgIpc) is 2.91. The largest absolute Gasteiger partial charge is 0.478 e. The molecule has 1 atom stereocenters. The number of rotatable bonds is 6. The summed E-state index contributed by atoms with van der Waals surface area (Å²) in [4.78, 5) is 10.7. The Balaban J connectivity index is 2.06. The van der Waals surface area contributed by atoms with Crippen molar-refractivity contribution in [1.29, 1.82) is 0 Å². The van der Waals surface area contributed by atoms with Gasteiger partial charge in [0.15, 0.2) is 0 Å². The van der Waals surface area contributed by atoms with Crippen LogP contribution in [0.25, 0.3) is 0 Å². The molecule has 0 saturated heterocycles. The summed E-state index contributed by atoms with van der Waals surface area (Å²) in [6, 6.07) is 1.08. The van der Waals surface area contributed by atoms with Crippen molar-refractivity contribution in [2.45, 2.75) is 36.4 Å². The standard InChI is InChI=1S/C11H15NO4S2/c1-7(4-8-2-3-8)12-18(15,16)10-5-9(6-17-10)11(13)14/h5-8,12H,2-4H2,1H3,(H,13,14). The number of nitrogens with one attached hydrogen (secondary N) is 1. The first-order valence-corrected chi connectivity index (χ1v) is 8.09. The molecule has 5 nitrogen and oxygen atoms in total. The fourth-order valence-electron chi connectivity index (χ4n) is 1.79. The fraction of sp³-hybridized carbons (Fsp3) is 0.545. The summed E-state index contributed by atoms with van der Waals surface area (Å²) in [6.45, 7) is 1.83. The van der Waals surface area contributed by atoms with E-state index in [-0.39, 0.29) is 15.8 Å². The first kappa shape index (κ1) is 13.5. The maximum absolute atomic E-state index is 12.0. The van der Waals surface area contributed by atoms with Gasteiger partial charge in [0.1, 0.15) is 4.21 Å². The number of carboxylic acids is 1. The summed E-state index contributed by atoms with van der Waals surface area (Å²) in [5, 5.41) is 10.1. The molecular weight excluding hydrogens is 274 g/mol. The summed E-state index contributed by atoms with van der Waals surface area (Å²) in [6.07, 6.45) is 3.19. The Bertz CT molecular complexity index is 545. The Hall–Kier alpha value is -0.920. The minimum absolute atomic E-state index is 0.00946. The summed E-state index contributed by atoms with van der Waals surface area (Å²) in [5.41, 5.74) is 0.00946. The van der Waals surface area contributed by atoms with Gasteiger partial charge in [-0.1, -0.05) is 12.8 Å². The maximum atomic E-state index is 12.0. The van der Waals surface area contributed by atoms with Crippen LogP contribution in [0.15, 0.2) is 15.7 Å². The first-order valence-electron chi connectivity index (χ1n) is 5.72. The van der Waals surface area contributed by atoms with Gasteiger partial charge in [0.2, 0.25) is 10.0 Å². The number of aromatic carboxylic acids is 1. The van der Waals surface area contributed by atoms with E-state index in [0.29, 0.717) is 5.92 Å². The molecule has 1 aromatic rings. The Kier molecular flexibility index (Phi) is 3.74. The molecule has 1 saturated carbocycles. The predicted molar refractivity (Wildman–Crippen MR) is 68.4 cm³/mol. The molecule has 18 heavy (non-hydrogen) atoms. The van der Waals surface area contributed by atoms with E-state index < -0.39 is 16.0 Å². The second kappa shape index (κ2) is 4.99. The number of thiophene rings is 1. The van der Waals surface area contributed by atoms with E-state index in [1.807, 2.05) is 6.92 Å². The quantitative estimate of drug-likeness (QED) is 0.838. The fourth-order valence-corrected chi connectivity index (χ4v) is 4.22. The summed E-state index contributed by atoms with van der Waals surface area (Å²) >= 11 is 0.930. The van der Waals surface area contributed by atoms with Crippen molar-refractivity contribution >= 4 is 27.3 Å². The smallest absolute Gasteiger partial charge is 0.336 e. The molecule has 1 heterocycles. The molecule has 0 aliphatic heterocycles. The molecule has 100 valence electrons. The van der Waals surface area contributed by atoms with Gasteiger partial charge in [-0.25, -0.2) is 17.9 Å². The minimum Gasteiger partial charge on any atom is -0.478 e. The number of carbonyl (C=O) groups is 1. The van der Waals surface area contributed by atoms with Gasteiger partial charge in [0.05, 0.1) is 5.56 Å². The lowest BCUT2D eigenvalue weighted by Crippen LogP contribution is -2.32. The maximum Gasteiger partial charge on any atom is 0.336 e. The monoisotopic (exact) mass is 289 g/mol. The van der Waals surface area contributed by atoms with Gasteiger partial charge in [-0.2, -0.15) is 0 Å². The van der Waals surface area contributed by atoms with Crippen molar-refractivity contribution < 1.29 is 18.3 Å². The second-order valence-corrected chi connectivity index (χ2v) is 7.51. The van der Waals surface area contributed by atoms with E-state index in [2.05, 4.69) is 4.72 Å². The lowest BCUT2D eigenvalue weighted by atomic mass is 10.2. The Labute approximate surface area is 110 Å². The molecule has 0 radical (unpaired) electrons. The van der Waals surface area contributed by atoms with E-state index in [1.54, 1.807) is 0 Å². The van der Waals surface area contributed by atoms with Gasteiger partial charge in [0, 0.05) is 11.4 Å². The summed E-state index contributed by atoms with van der Waals surface area (Å²) in [5.74, 6) is -0.473. The zero-order chi connectivity index (χ0) is 13.3. The van der Waals surface area contributed by atoms with Crippen LogP contribution in [0.3, 0.4) is 0 Å². The van der Waals surface area contributed by atoms with Gasteiger partial charge in [0.25, 0.3) is 0 Å². The SMILES string of the molecule is CC(CC1CC1)NS(=O)(=O)c1cc(C(=O)O)cs1. The molecule has 7 heteroatoms. The van der Waals surface area contributed by atoms with Crippen LogP contribution >= 0.6 is 11.3 Å². The average molecular weight is 289 g/mol. The molecular formula is C11H15NO4S2. The van der Waals surface area contributed by atoms with Gasteiger partial charge in [-0.05, 0) is 25.3 Å². The van der Waals surface area contributed by atoms with Gasteiger partial charge >= 0.3 is 5.97 Å². The third-order valence-electron chi connectivity index (χ3n) is 2.83. The third kappa shape index (κ3) is 3.30. The normalized spacial score (nSPS) is 17.6. The van der Waals surface area contributed by atoms with Gasteiger partial charge < -0.3 is 5.11 Å². The number of hydrogen-bond donors (Lipinski definition) is 2. The number of sulfonamides is 1. The predicted octanol–water partition coefficient (Wildman–Crippen LogP) is 1.91. The molecule has 0 aromatic carbocycles. The molecule has 1 fully saturated rings. The highest BCUT2D eigenvalue weighted by Gasteiger charge is 2.27. The van der Waals surface area contributed by atoms with Crippen LogP contribution in [0, 0.1) is 5.92 Å². The molecule has 2 rings (SSSR count). The van der Waals surface area contributed by atoms with Crippen LogP contribution in [0.4, 0.5) is 0 Å². The molecule has 1 aromatic heterocycles. The highest BCUT2D eigenvalue weighted by atomic mass is 32.2.